The summed E-state index contributed by atoms with van der Waals surface area (Å²) < 4.78 is 5.68. The maximum atomic E-state index is 12.3. The van der Waals surface area contributed by atoms with Gasteiger partial charge in [-0.05, 0) is 67.1 Å². The number of nitrogens with one attached hydrogen (secondary N) is 1. The lowest BCUT2D eigenvalue weighted by molar-refractivity contribution is 0.0947. The predicted octanol–water partition coefficient (Wildman–Crippen LogP) is 4.29. The fraction of sp³-hybridized carbons (Fsp3) is 0.458. The van der Waals surface area contributed by atoms with Gasteiger partial charge in [0.2, 0.25) is 0 Å². The first kappa shape index (κ1) is 20.4. The highest BCUT2D eigenvalue weighted by Crippen LogP contribution is 2.18. The van der Waals surface area contributed by atoms with Crippen LogP contribution < -0.4 is 10.1 Å². The number of hydrogen-bond acceptors (Lipinski definition) is 3. The lowest BCUT2D eigenvalue weighted by Gasteiger charge is -2.30. The lowest BCUT2D eigenvalue weighted by Crippen LogP contribution is -2.33. The van der Waals surface area contributed by atoms with E-state index in [0.717, 1.165) is 24.6 Å². The Morgan fingerprint density at radius 2 is 1.82 bits per heavy atom. The summed E-state index contributed by atoms with van der Waals surface area (Å²) in [7, 11) is 0. The molecule has 1 heterocycles. The molecule has 1 aliphatic rings. The molecule has 4 nitrogen and oxygen atoms in total. The Morgan fingerprint density at radius 3 is 2.50 bits per heavy atom. The van der Waals surface area contributed by atoms with E-state index in [-0.39, 0.29) is 5.91 Å². The molecule has 0 bridgehead atoms. The number of rotatable bonds is 8. The van der Waals surface area contributed by atoms with E-state index in [1.165, 1.54) is 37.1 Å². The Kier molecular flexibility index (Phi) is 7.49. The second kappa shape index (κ2) is 10.3. The third kappa shape index (κ3) is 6.10. The molecule has 0 aliphatic carbocycles. The van der Waals surface area contributed by atoms with Crippen LogP contribution in [-0.2, 0) is 13.0 Å². The van der Waals surface area contributed by atoms with Crippen LogP contribution >= 0.6 is 0 Å². The summed E-state index contributed by atoms with van der Waals surface area (Å²) in [6.07, 6.45) is 3.64. The normalized spacial score (nSPS) is 17.3. The molecule has 1 saturated heterocycles. The van der Waals surface area contributed by atoms with Gasteiger partial charge in [0.1, 0.15) is 12.4 Å². The first-order valence-electron chi connectivity index (χ1n) is 10.4. The van der Waals surface area contributed by atoms with Crippen LogP contribution in [0.3, 0.4) is 0 Å². The molecule has 2 aromatic rings. The van der Waals surface area contributed by atoms with Crippen LogP contribution in [0.15, 0.2) is 48.5 Å². The van der Waals surface area contributed by atoms with Crippen LogP contribution in [0.25, 0.3) is 0 Å². The summed E-state index contributed by atoms with van der Waals surface area (Å²) in [5, 5.41) is 2.92. The average molecular weight is 381 g/mol. The topological polar surface area (TPSA) is 41.6 Å². The van der Waals surface area contributed by atoms with Crippen LogP contribution in [-0.4, -0.2) is 37.0 Å². The molecule has 1 aliphatic heterocycles. The molecule has 0 saturated carbocycles. The molecule has 1 amide bonds. The molecule has 1 fully saturated rings. The highest BCUT2D eigenvalue weighted by molar-refractivity contribution is 5.94. The zero-order valence-corrected chi connectivity index (χ0v) is 17.1. The minimum atomic E-state index is -0.0527. The van der Waals surface area contributed by atoms with Gasteiger partial charge in [-0.25, -0.2) is 0 Å². The Balaban J connectivity index is 1.40. The lowest BCUT2D eigenvalue weighted by atomic mass is 9.99. The van der Waals surface area contributed by atoms with Gasteiger partial charge in [0.15, 0.2) is 0 Å². The van der Waals surface area contributed by atoms with Crippen molar-refractivity contribution in [2.45, 2.75) is 39.7 Å². The molecule has 1 N–H and O–H groups in total. The van der Waals surface area contributed by atoms with Crippen molar-refractivity contribution in [2.24, 2.45) is 5.92 Å². The Bertz CT molecular complexity index is 740. The molecule has 1 atom stereocenters. The highest BCUT2D eigenvalue weighted by Gasteiger charge is 2.16. The minimum Gasteiger partial charge on any atom is -0.492 e. The number of amides is 1. The molecule has 0 radical (unpaired) electrons. The summed E-state index contributed by atoms with van der Waals surface area (Å²) in [6.45, 7) is 8.72. The predicted molar refractivity (Wildman–Crippen MR) is 114 cm³/mol. The second-order valence-corrected chi connectivity index (χ2v) is 7.78. The van der Waals surface area contributed by atoms with E-state index in [9.17, 15) is 4.79 Å². The molecule has 0 spiro atoms. The first-order chi connectivity index (χ1) is 13.6. The van der Waals surface area contributed by atoms with Gasteiger partial charge in [0.05, 0.1) is 6.54 Å². The van der Waals surface area contributed by atoms with Crippen molar-refractivity contribution in [3.05, 3.63) is 65.2 Å². The quantitative estimate of drug-likeness (QED) is 0.695. The fourth-order valence-electron chi connectivity index (χ4n) is 3.71. The van der Waals surface area contributed by atoms with Crippen molar-refractivity contribution in [1.29, 1.82) is 0 Å². The van der Waals surface area contributed by atoms with E-state index in [0.29, 0.717) is 18.7 Å². The summed E-state index contributed by atoms with van der Waals surface area (Å²) in [4.78, 5) is 14.8. The van der Waals surface area contributed by atoms with E-state index in [1.54, 1.807) is 0 Å². The number of piperidine rings is 1. The molecule has 1 unspecified atom stereocenters. The van der Waals surface area contributed by atoms with Gasteiger partial charge < -0.3 is 10.1 Å². The largest absolute Gasteiger partial charge is 0.492 e. The van der Waals surface area contributed by atoms with E-state index >= 15 is 0 Å². The van der Waals surface area contributed by atoms with Crippen molar-refractivity contribution in [3.63, 3.8) is 0 Å². The fourth-order valence-corrected chi connectivity index (χ4v) is 3.71. The number of hydrogen-bond donors (Lipinski definition) is 1. The van der Waals surface area contributed by atoms with Gasteiger partial charge in [0, 0.05) is 18.7 Å². The minimum absolute atomic E-state index is 0.0527. The second-order valence-electron chi connectivity index (χ2n) is 7.78. The van der Waals surface area contributed by atoms with Crippen LogP contribution in [0.2, 0.25) is 0 Å². The number of nitrogens with zero attached hydrogens (tertiary/aromatic N) is 1. The number of aryl methyl sites for hydroxylation is 1. The van der Waals surface area contributed by atoms with Gasteiger partial charge in [-0.1, -0.05) is 38.1 Å². The average Bonchev–Trinajstić information content (AvgIpc) is 2.72. The monoisotopic (exact) mass is 380 g/mol. The van der Waals surface area contributed by atoms with Crippen LogP contribution in [0.5, 0.6) is 5.75 Å². The number of ether oxygens (including phenoxy) is 1. The number of benzene rings is 2. The van der Waals surface area contributed by atoms with E-state index in [4.69, 9.17) is 4.74 Å². The molecule has 2 aromatic carbocycles. The van der Waals surface area contributed by atoms with Gasteiger partial charge in [-0.2, -0.15) is 0 Å². The van der Waals surface area contributed by atoms with Gasteiger partial charge >= 0.3 is 0 Å². The first-order valence-corrected chi connectivity index (χ1v) is 10.4. The van der Waals surface area contributed by atoms with Gasteiger partial charge in [-0.15, -0.1) is 0 Å². The van der Waals surface area contributed by atoms with E-state index in [2.05, 4.69) is 48.3 Å². The number of likely N-dealkylation sites (tertiary alicyclic amines) is 1. The molecular formula is C24H32N2O2. The van der Waals surface area contributed by atoms with Gasteiger partial charge in [-0.3, -0.25) is 9.69 Å². The SMILES string of the molecule is CCc1ccc(OCCNC(=O)c2ccc(CN3CCCC(C)C3)cc2)cc1. The standard InChI is InChI=1S/C24H32N2O2/c1-3-20-8-12-23(13-9-20)28-16-14-25-24(27)22-10-6-21(7-11-22)18-26-15-4-5-19(2)17-26/h6-13,19H,3-5,14-18H2,1-2H3,(H,25,27). The highest BCUT2D eigenvalue weighted by atomic mass is 16.5. The number of carbonyl (C=O) groups is 1. The zero-order valence-electron chi connectivity index (χ0n) is 17.1. The third-order valence-electron chi connectivity index (χ3n) is 5.35. The Morgan fingerprint density at radius 1 is 1.11 bits per heavy atom. The molecule has 28 heavy (non-hydrogen) atoms. The van der Waals surface area contributed by atoms with Crippen molar-refractivity contribution in [3.8, 4) is 5.75 Å². The molecule has 0 aromatic heterocycles. The molecule has 150 valence electrons. The molecular weight excluding hydrogens is 348 g/mol. The van der Waals surface area contributed by atoms with E-state index in [1.807, 2.05) is 24.3 Å². The summed E-state index contributed by atoms with van der Waals surface area (Å²) >= 11 is 0. The summed E-state index contributed by atoms with van der Waals surface area (Å²) in [6, 6.07) is 16.1. The maximum absolute atomic E-state index is 12.3. The smallest absolute Gasteiger partial charge is 0.251 e. The summed E-state index contributed by atoms with van der Waals surface area (Å²) in [5.74, 6) is 1.57. The maximum Gasteiger partial charge on any atom is 0.251 e. The van der Waals surface area contributed by atoms with Crippen molar-refractivity contribution >= 4 is 5.91 Å². The van der Waals surface area contributed by atoms with Crippen molar-refractivity contribution in [1.82, 2.24) is 10.2 Å². The van der Waals surface area contributed by atoms with Crippen LogP contribution in [0, 0.1) is 5.92 Å². The van der Waals surface area contributed by atoms with Crippen LogP contribution in [0.4, 0.5) is 0 Å². The van der Waals surface area contributed by atoms with Crippen molar-refractivity contribution < 1.29 is 9.53 Å². The van der Waals surface area contributed by atoms with Crippen LogP contribution in [0.1, 0.15) is 48.2 Å². The number of carbonyl (C=O) groups excluding carboxylic acids is 1. The summed E-state index contributed by atoms with van der Waals surface area (Å²) in [5.41, 5.74) is 3.26. The van der Waals surface area contributed by atoms with Crippen molar-refractivity contribution in [2.75, 3.05) is 26.2 Å². The Labute approximate surface area is 168 Å². The zero-order chi connectivity index (χ0) is 19.8. The van der Waals surface area contributed by atoms with E-state index < -0.39 is 0 Å². The van der Waals surface area contributed by atoms with Gasteiger partial charge in [0.25, 0.3) is 5.91 Å². The Hall–Kier alpha value is -2.33. The molecule has 4 heteroatoms. The third-order valence-corrected chi connectivity index (χ3v) is 5.35. The molecule has 3 rings (SSSR count).